The molecule has 0 aliphatic carbocycles. The fraction of sp³-hybridized carbons (Fsp3) is 0.250. The van der Waals surface area contributed by atoms with Crippen molar-refractivity contribution in [2.75, 3.05) is 13.1 Å². The van der Waals surface area contributed by atoms with Gasteiger partial charge in [-0.1, -0.05) is 36.9 Å². The van der Waals surface area contributed by atoms with Crippen LogP contribution in [0.1, 0.15) is 11.5 Å². The number of carbonyl (C=O) groups is 1. The lowest BCUT2D eigenvalue weighted by Crippen LogP contribution is -2.48. The molecule has 78 valence electrons. The number of hydrogen-bond donors (Lipinski definition) is 0. The third-order valence-corrected chi connectivity index (χ3v) is 2.67. The molecule has 1 heterocycles. The number of hydrogen-bond acceptors (Lipinski definition) is 1. The molecule has 2 nitrogen and oxygen atoms in total. The van der Waals surface area contributed by atoms with Gasteiger partial charge in [-0.15, -0.1) is 0 Å². The van der Waals surface area contributed by atoms with Crippen molar-refractivity contribution < 1.29 is 9.18 Å². The quantitative estimate of drug-likeness (QED) is 0.677. The Bertz CT molecular complexity index is 382. The van der Waals surface area contributed by atoms with Crippen LogP contribution in [0.5, 0.6) is 0 Å². The van der Waals surface area contributed by atoms with Gasteiger partial charge in [-0.2, -0.15) is 0 Å². The summed E-state index contributed by atoms with van der Waals surface area (Å²) in [7, 11) is 0. The number of halogens is 1. The average molecular weight is 205 g/mol. The van der Waals surface area contributed by atoms with Crippen molar-refractivity contribution in [3.05, 3.63) is 48.3 Å². The molecule has 0 N–H and O–H groups in total. The van der Waals surface area contributed by atoms with Crippen LogP contribution in [0, 0.1) is 0 Å². The van der Waals surface area contributed by atoms with Gasteiger partial charge in [0.2, 0.25) is 0 Å². The Morgan fingerprint density at radius 3 is 2.47 bits per heavy atom. The molecule has 1 aromatic rings. The van der Waals surface area contributed by atoms with Crippen LogP contribution in [0.25, 0.3) is 0 Å². The topological polar surface area (TPSA) is 20.3 Å². The van der Waals surface area contributed by atoms with E-state index < -0.39 is 11.7 Å². The van der Waals surface area contributed by atoms with Gasteiger partial charge in [0.25, 0.3) is 5.91 Å². The van der Waals surface area contributed by atoms with Crippen LogP contribution in [-0.4, -0.2) is 23.9 Å². The molecule has 0 radical (unpaired) electrons. The van der Waals surface area contributed by atoms with Crippen LogP contribution >= 0.6 is 0 Å². The molecule has 3 heteroatoms. The van der Waals surface area contributed by atoms with Crippen molar-refractivity contribution in [3.63, 3.8) is 0 Å². The average Bonchev–Trinajstić information content (AvgIpc) is 2.17. The maximum absolute atomic E-state index is 12.5. The van der Waals surface area contributed by atoms with Gasteiger partial charge in [0.05, 0.1) is 0 Å². The van der Waals surface area contributed by atoms with E-state index in [1.54, 1.807) is 0 Å². The number of carbonyl (C=O) groups excluding carboxylic acids is 1. The summed E-state index contributed by atoms with van der Waals surface area (Å²) < 4.78 is 12.5. The minimum absolute atomic E-state index is 0.342. The second-order valence-corrected chi connectivity index (χ2v) is 3.72. The van der Waals surface area contributed by atoms with E-state index in [0.29, 0.717) is 19.0 Å². The number of rotatable bonds is 2. The third kappa shape index (κ3) is 1.91. The van der Waals surface area contributed by atoms with Crippen molar-refractivity contribution >= 4 is 5.91 Å². The summed E-state index contributed by atoms with van der Waals surface area (Å²) in [6.07, 6.45) is 0. The van der Waals surface area contributed by atoms with Gasteiger partial charge in [0, 0.05) is 19.0 Å². The van der Waals surface area contributed by atoms with Crippen LogP contribution < -0.4 is 0 Å². The van der Waals surface area contributed by atoms with Gasteiger partial charge in [-0.05, 0) is 5.56 Å². The summed E-state index contributed by atoms with van der Waals surface area (Å²) in [5, 5.41) is 0. The van der Waals surface area contributed by atoms with E-state index in [1.807, 2.05) is 30.3 Å². The predicted molar refractivity (Wildman–Crippen MR) is 56.0 cm³/mol. The van der Waals surface area contributed by atoms with E-state index >= 15 is 0 Å². The normalized spacial score (nSPS) is 15.9. The number of nitrogens with zero attached hydrogens (tertiary/aromatic N) is 1. The second-order valence-electron chi connectivity index (χ2n) is 3.72. The molecule has 0 spiro atoms. The summed E-state index contributed by atoms with van der Waals surface area (Å²) in [5.41, 5.74) is 1.20. The smallest absolute Gasteiger partial charge is 0.282 e. The number of likely N-dealkylation sites (tertiary alicyclic amines) is 1. The van der Waals surface area contributed by atoms with Gasteiger partial charge in [-0.3, -0.25) is 4.79 Å². The Morgan fingerprint density at radius 1 is 1.33 bits per heavy atom. The van der Waals surface area contributed by atoms with Crippen LogP contribution in [0.4, 0.5) is 4.39 Å². The molecule has 1 aliphatic rings. The van der Waals surface area contributed by atoms with Crippen molar-refractivity contribution in [3.8, 4) is 0 Å². The zero-order chi connectivity index (χ0) is 10.8. The molecule has 2 rings (SSSR count). The highest BCUT2D eigenvalue weighted by Gasteiger charge is 2.32. The first kappa shape index (κ1) is 9.90. The van der Waals surface area contributed by atoms with E-state index in [2.05, 4.69) is 6.58 Å². The minimum atomic E-state index is -0.874. The maximum Gasteiger partial charge on any atom is 0.282 e. The molecular formula is C12H12FNO. The fourth-order valence-corrected chi connectivity index (χ4v) is 1.75. The van der Waals surface area contributed by atoms with E-state index in [-0.39, 0.29) is 0 Å². The molecule has 1 amide bonds. The first-order chi connectivity index (χ1) is 7.18. The van der Waals surface area contributed by atoms with E-state index in [1.165, 1.54) is 10.5 Å². The lowest BCUT2D eigenvalue weighted by molar-refractivity contribution is -0.132. The zero-order valence-electron chi connectivity index (χ0n) is 8.32. The third-order valence-electron chi connectivity index (χ3n) is 2.67. The Balaban J connectivity index is 1.94. The summed E-state index contributed by atoms with van der Waals surface area (Å²) in [4.78, 5) is 12.6. The molecule has 1 aromatic carbocycles. The Labute approximate surface area is 88.0 Å². The lowest BCUT2D eigenvalue weighted by atomic mass is 9.91. The highest BCUT2D eigenvalue weighted by Crippen LogP contribution is 2.27. The van der Waals surface area contributed by atoms with Gasteiger partial charge < -0.3 is 4.90 Å². The maximum atomic E-state index is 12.5. The number of amides is 1. The summed E-state index contributed by atoms with van der Waals surface area (Å²) in [6.45, 7) is 4.18. The summed E-state index contributed by atoms with van der Waals surface area (Å²) in [5.74, 6) is -1.11. The highest BCUT2D eigenvalue weighted by molar-refractivity contribution is 5.91. The van der Waals surface area contributed by atoms with Crippen molar-refractivity contribution in [1.82, 2.24) is 4.90 Å². The van der Waals surface area contributed by atoms with Crippen LogP contribution in [0.2, 0.25) is 0 Å². The minimum Gasteiger partial charge on any atom is -0.335 e. The van der Waals surface area contributed by atoms with E-state index in [0.717, 1.165) is 0 Å². The fourth-order valence-electron chi connectivity index (χ4n) is 1.75. The Kier molecular flexibility index (Phi) is 2.54. The van der Waals surface area contributed by atoms with E-state index in [9.17, 15) is 9.18 Å². The Morgan fingerprint density at radius 2 is 1.93 bits per heavy atom. The van der Waals surface area contributed by atoms with Gasteiger partial charge in [0.1, 0.15) is 0 Å². The van der Waals surface area contributed by atoms with Crippen molar-refractivity contribution in [2.45, 2.75) is 5.92 Å². The molecule has 15 heavy (non-hydrogen) atoms. The molecule has 0 saturated carbocycles. The highest BCUT2D eigenvalue weighted by atomic mass is 19.1. The van der Waals surface area contributed by atoms with Gasteiger partial charge in [0.15, 0.2) is 5.83 Å². The second kappa shape index (κ2) is 3.85. The molecule has 0 atom stereocenters. The summed E-state index contributed by atoms with van der Waals surface area (Å²) >= 11 is 0. The van der Waals surface area contributed by atoms with Crippen LogP contribution in [-0.2, 0) is 4.79 Å². The zero-order valence-corrected chi connectivity index (χ0v) is 8.32. The molecule has 1 saturated heterocycles. The largest absolute Gasteiger partial charge is 0.335 e. The lowest BCUT2D eigenvalue weighted by Gasteiger charge is -2.39. The van der Waals surface area contributed by atoms with Gasteiger partial charge >= 0.3 is 0 Å². The van der Waals surface area contributed by atoms with Crippen LogP contribution in [0.15, 0.2) is 42.7 Å². The van der Waals surface area contributed by atoms with Crippen molar-refractivity contribution in [2.24, 2.45) is 0 Å². The molecular weight excluding hydrogens is 193 g/mol. The summed E-state index contributed by atoms with van der Waals surface area (Å²) in [6, 6.07) is 9.93. The molecule has 0 unspecified atom stereocenters. The van der Waals surface area contributed by atoms with Crippen molar-refractivity contribution in [1.29, 1.82) is 0 Å². The predicted octanol–water partition coefficient (Wildman–Crippen LogP) is 2.10. The first-order valence-electron chi connectivity index (χ1n) is 4.87. The molecule has 1 aliphatic heterocycles. The monoisotopic (exact) mass is 205 g/mol. The standard InChI is InChI=1S/C12H12FNO/c1-9(13)12(15)14-7-11(8-14)10-5-3-2-4-6-10/h2-6,11H,1,7-8H2. The molecule has 0 bridgehead atoms. The number of benzene rings is 1. The van der Waals surface area contributed by atoms with E-state index in [4.69, 9.17) is 0 Å². The Hall–Kier alpha value is -1.64. The first-order valence-corrected chi connectivity index (χ1v) is 4.87. The SMILES string of the molecule is C=C(F)C(=O)N1CC(c2ccccc2)C1. The molecule has 0 aromatic heterocycles. The van der Waals surface area contributed by atoms with Crippen LogP contribution in [0.3, 0.4) is 0 Å². The van der Waals surface area contributed by atoms with Gasteiger partial charge in [-0.25, -0.2) is 4.39 Å². The molecule has 1 fully saturated rings.